The van der Waals surface area contributed by atoms with E-state index in [1.165, 1.54) is 17.4 Å². The predicted octanol–water partition coefficient (Wildman–Crippen LogP) is 4.87. The Balaban J connectivity index is 2.35. The summed E-state index contributed by atoms with van der Waals surface area (Å²) in [6.45, 7) is 9.68. The zero-order valence-corrected chi connectivity index (χ0v) is 16.9. The van der Waals surface area contributed by atoms with Crippen LogP contribution in [-0.2, 0) is 17.6 Å². The van der Waals surface area contributed by atoms with Gasteiger partial charge in [-0.05, 0) is 43.6 Å². The maximum Gasteiger partial charge on any atom is 0.257 e. The first kappa shape index (κ1) is 20.0. The van der Waals surface area contributed by atoms with Gasteiger partial charge in [-0.2, -0.15) is 0 Å². The first-order chi connectivity index (χ1) is 12.0. The van der Waals surface area contributed by atoms with E-state index in [1.807, 2.05) is 4.90 Å². The molecule has 1 aliphatic rings. The third-order valence-electron chi connectivity index (χ3n) is 4.87. The van der Waals surface area contributed by atoms with Crippen molar-refractivity contribution in [2.75, 3.05) is 18.4 Å². The van der Waals surface area contributed by atoms with Gasteiger partial charge in [0.2, 0.25) is 5.91 Å². The maximum absolute atomic E-state index is 13.4. The number of carbonyl (C=O) groups is 2. The van der Waals surface area contributed by atoms with Crippen LogP contribution in [0.4, 0.5) is 5.00 Å². The highest BCUT2D eigenvalue weighted by Gasteiger charge is 2.30. The third-order valence-corrected chi connectivity index (χ3v) is 6.04. The van der Waals surface area contributed by atoms with Crippen molar-refractivity contribution < 1.29 is 9.59 Å². The molecular weight excluding hydrogens is 332 g/mol. The van der Waals surface area contributed by atoms with Gasteiger partial charge in [0.05, 0.1) is 5.56 Å². The molecule has 140 valence electrons. The van der Waals surface area contributed by atoms with Crippen LogP contribution in [0.2, 0.25) is 0 Å². The SMILES string of the molecule is CCCCN(CCCC)C(=O)c1c(NC(C)=O)sc2c1CC[C@H](C)C2. The predicted molar refractivity (Wildman–Crippen MR) is 106 cm³/mol. The molecule has 1 aromatic heterocycles. The van der Waals surface area contributed by atoms with Crippen LogP contribution in [0.3, 0.4) is 0 Å². The molecule has 25 heavy (non-hydrogen) atoms. The molecule has 1 atom stereocenters. The minimum absolute atomic E-state index is 0.102. The van der Waals surface area contributed by atoms with E-state index in [9.17, 15) is 9.59 Å². The number of rotatable bonds is 8. The number of amides is 2. The zero-order chi connectivity index (χ0) is 18.4. The number of unbranched alkanes of at least 4 members (excludes halogenated alkanes) is 2. The van der Waals surface area contributed by atoms with Crippen molar-refractivity contribution in [1.82, 2.24) is 4.90 Å². The van der Waals surface area contributed by atoms with Crippen LogP contribution in [-0.4, -0.2) is 29.8 Å². The normalized spacial score (nSPS) is 16.4. The zero-order valence-electron chi connectivity index (χ0n) is 16.1. The van der Waals surface area contributed by atoms with E-state index < -0.39 is 0 Å². The Morgan fingerprint density at radius 1 is 1.20 bits per heavy atom. The van der Waals surface area contributed by atoms with Gasteiger partial charge >= 0.3 is 0 Å². The summed E-state index contributed by atoms with van der Waals surface area (Å²) in [4.78, 5) is 28.3. The third kappa shape index (κ3) is 5.06. The van der Waals surface area contributed by atoms with E-state index in [-0.39, 0.29) is 11.8 Å². The second-order valence-electron chi connectivity index (χ2n) is 7.24. The van der Waals surface area contributed by atoms with Gasteiger partial charge in [0.15, 0.2) is 0 Å². The number of nitrogens with one attached hydrogen (secondary N) is 1. The Labute approximate surface area is 156 Å². The standard InChI is InChI=1S/C20H32N2O2S/c1-5-7-11-22(12-8-6-2)20(24)18-16-10-9-14(3)13-17(16)25-19(18)21-15(4)23/h14H,5-13H2,1-4H3,(H,21,23)/t14-/m0/s1. The highest BCUT2D eigenvalue weighted by atomic mass is 32.1. The summed E-state index contributed by atoms with van der Waals surface area (Å²) >= 11 is 1.61. The molecule has 1 aromatic rings. The van der Waals surface area contributed by atoms with Gasteiger partial charge in [-0.3, -0.25) is 9.59 Å². The largest absolute Gasteiger partial charge is 0.339 e. The van der Waals surface area contributed by atoms with Crippen molar-refractivity contribution in [2.45, 2.75) is 72.6 Å². The second kappa shape index (κ2) is 9.37. The summed E-state index contributed by atoms with van der Waals surface area (Å²) in [5.74, 6) is 0.655. The molecule has 0 aliphatic heterocycles. The monoisotopic (exact) mass is 364 g/mol. The molecular formula is C20H32N2O2S. The Kier molecular flexibility index (Phi) is 7.48. The van der Waals surface area contributed by atoms with Crippen LogP contribution in [0.1, 0.15) is 80.6 Å². The molecule has 0 saturated heterocycles. The molecule has 0 saturated carbocycles. The number of anilines is 1. The molecule has 2 amide bonds. The fraction of sp³-hybridized carbons (Fsp3) is 0.700. The number of hydrogen-bond donors (Lipinski definition) is 1. The quantitative estimate of drug-likeness (QED) is 0.715. The van der Waals surface area contributed by atoms with Crippen LogP contribution in [0, 0.1) is 5.92 Å². The lowest BCUT2D eigenvalue weighted by atomic mass is 9.88. The molecule has 0 radical (unpaired) electrons. The van der Waals surface area contributed by atoms with Crippen molar-refractivity contribution in [3.8, 4) is 0 Å². The highest BCUT2D eigenvalue weighted by molar-refractivity contribution is 7.17. The topological polar surface area (TPSA) is 49.4 Å². The van der Waals surface area contributed by atoms with E-state index >= 15 is 0 Å². The van der Waals surface area contributed by atoms with Crippen molar-refractivity contribution >= 4 is 28.2 Å². The molecule has 0 unspecified atom stereocenters. The van der Waals surface area contributed by atoms with Crippen LogP contribution in [0.25, 0.3) is 0 Å². The van der Waals surface area contributed by atoms with Crippen molar-refractivity contribution in [3.63, 3.8) is 0 Å². The molecule has 1 N–H and O–H groups in total. The number of thiophene rings is 1. The van der Waals surface area contributed by atoms with E-state index in [0.29, 0.717) is 5.92 Å². The number of carbonyl (C=O) groups excluding carboxylic acids is 2. The van der Waals surface area contributed by atoms with E-state index in [2.05, 4.69) is 26.1 Å². The molecule has 0 bridgehead atoms. The van der Waals surface area contributed by atoms with E-state index in [1.54, 1.807) is 11.3 Å². The molecule has 5 heteroatoms. The Bertz CT molecular complexity index is 601. The lowest BCUT2D eigenvalue weighted by molar-refractivity contribution is -0.114. The smallest absolute Gasteiger partial charge is 0.257 e. The Morgan fingerprint density at radius 3 is 2.40 bits per heavy atom. The van der Waals surface area contributed by atoms with Crippen LogP contribution in [0.5, 0.6) is 0 Å². The van der Waals surface area contributed by atoms with Gasteiger partial charge < -0.3 is 10.2 Å². The molecule has 1 heterocycles. The average Bonchev–Trinajstić information content (AvgIpc) is 2.90. The molecule has 4 nitrogen and oxygen atoms in total. The first-order valence-corrected chi connectivity index (χ1v) is 10.5. The van der Waals surface area contributed by atoms with Crippen molar-refractivity contribution in [2.24, 2.45) is 5.92 Å². The maximum atomic E-state index is 13.4. The van der Waals surface area contributed by atoms with Gasteiger partial charge in [0, 0.05) is 24.9 Å². The van der Waals surface area contributed by atoms with Gasteiger partial charge in [-0.1, -0.05) is 33.6 Å². The van der Waals surface area contributed by atoms with Crippen LogP contribution in [0.15, 0.2) is 0 Å². The molecule has 1 aliphatic carbocycles. The lowest BCUT2D eigenvalue weighted by Gasteiger charge is -2.25. The van der Waals surface area contributed by atoms with Gasteiger partial charge in [-0.25, -0.2) is 0 Å². The van der Waals surface area contributed by atoms with Crippen molar-refractivity contribution in [3.05, 3.63) is 16.0 Å². The first-order valence-electron chi connectivity index (χ1n) is 9.69. The van der Waals surface area contributed by atoms with Gasteiger partial charge in [-0.15, -0.1) is 11.3 Å². The fourth-order valence-electron chi connectivity index (χ4n) is 3.40. The molecule has 0 aromatic carbocycles. The minimum Gasteiger partial charge on any atom is -0.339 e. The summed E-state index contributed by atoms with van der Waals surface area (Å²) in [5, 5.41) is 3.68. The van der Waals surface area contributed by atoms with Gasteiger partial charge in [0.25, 0.3) is 5.91 Å². The average molecular weight is 365 g/mol. The van der Waals surface area contributed by atoms with E-state index in [4.69, 9.17) is 0 Å². The molecule has 0 fully saturated rings. The lowest BCUT2D eigenvalue weighted by Crippen LogP contribution is -2.34. The Morgan fingerprint density at radius 2 is 1.84 bits per heavy atom. The van der Waals surface area contributed by atoms with Crippen LogP contribution >= 0.6 is 11.3 Å². The summed E-state index contributed by atoms with van der Waals surface area (Å²) < 4.78 is 0. The fourth-order valence-corrected chi connectivity index (χ4v) is 4.84. The number of fused-ring (bicyclic) bond motifs is 1. The number of nitrogens with zero attached hydrogens (tertiary/aromatic N) is 1. The number of hydrogen-bond acceptors (Lipinski definition) is 3. The minimum atomic E-state index is -0.102. The second-order valence-corrected chi connectivity index (χ2v) is 8.34. The van der Waals surface area contributed by atoms with Crippen molar-refractivity contribution in [1.29, 1.82) is 0 Å². The van der Waals surface area contributed by atoms with Gasteiger partial charge in [0.1, 0.15) is 5.00 Å². The summed E-state index contributed by atoms with van der Waals surface area (Å²) in [7, 11) is 0. The highest BCUT2D eigenvalue weighted by Crippen LogP contribution is 2.40. The molecule has 0 spiro atoms. The van der Waals surface area contributed by atoms with Crippen LogP contribution < -0.4 is 5.32 Å². The summed E-state index contributed by atoms with van der Waals surface area (Å²) in [5.41, 5.74) is 1.96. The summed E-state index contributed by atoms with van der Waals surface area (Å²) in [6, 6.07) is 0. The van der Waals surface area contributed by atoms with E-state index in [0.717, 1.165) is 68.6 Å². The summed E-state index contributed by atoms with van der Waals surface area (Å²) in [6.07, 6.45) is 7.28. The Hall–Kier alpha value is -1.36. The molecule has 2 rings (SSSR count).